The summed E-state index contributed by atoms with van der Waals surface area (Å²) in [5.41, 5.74) is -0.458. The number of rotatable bonds is 4. The highest BCUT2D eigenvalue weighted by atomic mass is 19.1. The summed E-state index contributed by atoms with van der Waals surface area (Å²) in [7, 11) is 0. The van der Waals surface area contributed by atoms with E-state index >= 15 is 0 Å². The van der Waals surface area contributed by atoms with E-state index in [9.17, 15) is 8.78 Å². The van der Waals surface area contributed by atoms with Crippen LogP contribution in [0.2, 0.25) is 0 Å². The van der Waals surface area contributed by atoms with E-state index in [1.807, 2.05) is 6.92 Å². The van der Waals surface area contributed by atoms with Gasteiger partial charge in [-0.2, -0.15) is 0 Å². The van der Waals surface area contributed by atoms with Crippen LogP contribution >= 0.6 is 0 Å². The zero-order valence-electron chi connectivity index (χ0n) is 11.4. The van der Waals surface area contributed by atoms with Gasteiger partial charge in [0, 0.05) is 18.2 Å². The Morgan fingerprint density at radius 1 is 1.35 bits per heavy atom. The van der Waals surface area contributed by atoms with E-state index in [1.54, 1.807) is 0 Å². The topological polar surface area (TPSA) is 31.0 Å². The first-order valence-corrected chi connectivity index (χ1v) is 6.98. The Morgan fingerprint density at radius 2 is 2.15 bits per heavy atom. The van der Waals surface area contributed by atoms with Gasteiger partial charge >= 0.3 is 0 Å². The van der Waals surface area contributed by atoms with E-state index in [2.05, 4.69) is 0 Å². The molecule has 2 aliphatic heterocycles. The van der Waals surface area contributed by atoms with E-state index in [-0.39, 0.29) is 12.4 Å². The molecule has 1 aromatic carbocycles. The Morgan fingerprint density at radius 3 is 2.75 bits per heavy atom. The zero-order chi connectivity index (χ0) is 14.2. The van der Waals surface area contributed by atoms with Crippen molar-refractivity contribution in [2.75, 3.05) is 13.2 Å². The summed E-state index contributed by atoms with van der Waals surface area (Å²) in [6.45, 7) is 2.91. The molecule has 0 aliphatic carbocycles. The molecule has 3 nitrogen and oxygen atoms in total. The number of ether oxygens (including phenoxy) is 3. The van der Waals surface area contributed by atoms with Crippen LogP contribution in [0.25, 0.3) is 0 Å². The predicted octanol–water partition coefficient (Wildman–Crippen LogP) is 3.12. The third kappa shape index (κ3) is 2.57. The van der Waals surface area contributed by atoms with Crippen LogP contribution in [0.5, 0.6) is 0 Å². The summed E-state index contributed by atoms with van der Waals surface area (Å²) in [6, 6.07) is 3.55. The van der Waals surface area contributed by atoms with Crippen molar-refractivity contribution in [3.05, 3.63) is 35.4 Å². The largest absolute Gasteiger partial charge is 0.362 e. The van der Waals surface area contributed by atoms with Crippen LogP contribution in [0.3, 0.4) is 0 Å². The zero-order valence-corrected chi connectivity index (χ0v) is 11.4. The molecule has 0 aromatic heterocycles. The molecule has 3 rings (SSSR count). The summed E-state index contributed by atoms with van der Waals surface area (Å²) >= 11 is 0. The Kier molecular flexibility index (Phi) is 3.75. The van der Waals surface area contributed by atoms with Crippen LogP contribution in [0.4, 0.5) is 8.78 Å². The van der Waals surface area contributed by atoms with Gasteiger partial charge in [0.15, 0.2) is 6.29 Å². The average Bonchev–Trinajstić information content (AvgIpc) is 3.21. The fourth-order valence-electron chi connectivity index (χ4n) is 2.68. The van der Waals surface area contributed by atoms with Crippen LogP contribution in [-0.2, 0) is 19.8 Å². The third-order valence-electron chi connectivity index (χ3n) is 3.99. The molecule has 2 heterocycles. The van der Waals surface area contributed by atoms with Crippen molar-refractivity contribution in [1.29, 1.82) is 0 Å². The number of epoxide rings is 1. The predicted molar refractivity (Wildman–Crippen MR) is 68.1 cm³/mol. The van der Waals surface area contributed by atoms with Gasteiger partial charge in [-0.15, -0.1) is 0 Å². The van der Waals surface area contributed by atoms with E-state index in [0.717, 1.165) is 25.3 Å². The Bertz CT molecular complexity index is 482. The number of hydrogen-bond acceptors (Lipinski definition) is 3. The van der Waals surface area contributed by atoms with Gasteiger partial charge in [0.1, 0.15) is 17.2 Å². The first kappa shape index (κ1) is 13.9. The Balaban J connectivity index is 1.74. The molecule has 0 N–H and O–H groups in total. The molecule has 0 radical (unpaired) electrons. The Hall–Kier alpha value is -1.04. The Labute approximate surface area is 116 Å². The SMILES string of the molecule is C[C@H](OC1CCCCO1)[C@]1(c2ccc(F)cc2F)CO1. The maximum Gasteiger partial charge on any atom is 0.158 e. The minimum absolute atomic E-state index is 0.261. The summed E-state index contributed by atoms with van der Waals surface area (Å²) in [5.74, 6) is -1.19. The number of hydrogen-bond donors (Lipinski definition) is 0. The van der Waals surface area contributed by atoms with E-state index in [4.69, 9.17) is 14.2 Å². The highest BCUT2D eigenvalue weighted by Crippen LogP contribution is 2.45. The lowest BCUT2D eigenvalue weighted by Gasteiger charge is -2.29. The molecule has 2 fully saturated rings. The van der Waals surface area contributed by atoms with Crippen LogP contribution in [0, 0.1) is 11.6 Å². The first-order chi connectivity index (χ1) is 9.62. The molecule has 1 unspecified atom stereocenters. The van der Waals surface area contributed by atoms with Gasteiger partial charge in [0.2, 0.25) is 0 Å². The molecule has 2 aliphatic rings. The van der Waals surface area contributed by atoms with Gasteiger partial charge in [-0.05, 0) is 32.3 Å². The van der Waals surface area contributed by atoms with E-state index in [1.165, 1.54) is 12.1 Å². The summed E-state index contributed by atoms with van der Waals surface area (Å²) in [6.07, 6.45) is 2.35. The van der Waals surface area contributed by atoms with Gasteiger partial charge in [-0.3, -0.25) is 0 Å². The van der Waals surface area contributed by atoms with E-state index < -0.39 is 17.2 Å². The summed E-state index contributed by atoms with van der Waals surface area (Å²) in [5, 5.41) is 0. The first-order valence-electron chi connectivity index (χ1n) is 6.98. The van der Waals surface area contributed by atoms with Crippen molar-refractivity contribution in [3.63, 3.8) is 0 Å². The molecule has 0 amide bonds. The molecule has 0 saturated carbocycles. The second-order valence-electron chi connectivity index (χ2n) is 5.38. The van der Waals surface area contributed by atoms with Gasteiger partial charge in [0.05, 0.1) is 12.7 Å². The van der Waals surface area contributed by atoms with Crippen LogP contribution in [0.1, 0.15) is 31.7 Å². The second kappa shape index (κ2) is 5.39. The van der Waals surface area contributed by atoms with Crippen molar-refractivity contribution < 1.29 is 23.0 Å². The monoisotopic (exact) mass is 284 g/mol. The quantitative estimate of drug-likeness (QED) is 0.796. The molecule has 1 aromatic rings. The van der Waals surface area contributed by atoms with Crippen LogP contribution < -0.4 is 0 Å². The summed E-state index contributed by atoms with van der Waals surface area (Å²) in [4.78, 5) is 0. The standard InChI is InChI=1S/C15H18F2O3/c1-10(20-14-4-2-3-7-18-14)15(9-19-15)12-6-5-11(16)8-13(12)17/h5-6,8,10,14H,2-4,7,9H2,1H3/t10-,14?,15-/m0/s1. The van der Waals surface area contributed by atoms with Crippen molar-refractivity contribution in [3.8, 4) is 0 Å². The molecular weight excluding hydrogens is 266 g/mol. The number of halogens is 2. The average molecular weight is 284 g/mol. The van der Waals surface area contributed by atoms with Crippen molar-refractivity contribution >= 4 is 0 Å². The lowest BCUT2D eigenvalue weighted by molar-refractivity contribution is -0.197. The maximum absolute atomic E-state index is 13.9. The third-order valence-corrected chi connectivity index (χ3v) is 3.99. The summed E-state index contributed by atoms with van der Waals surface area (Å²) < 4.78 is 43.8. The van der Waals surface area contributed by atoms with Crippen molar-refractivity contribution in [2.45, 2.75) is 44.2 Å². The minimum Gasteiger partial charge on any atom is -0.362 e. The molecule has 0 spiro atoms. The molecule has 20 heavy (non-hydrogen) atoms. The smallest absolute Gasteiger partial charge is 0.158 e. The minimum atomic E-state index is -0.807. The molecule has 5 heteroatoms. The molecule has 2 saturated heterocycles. The van der Waals surface area contributed by atoms with E-state index in [0.29, 0.717) is 18.8 Å². The van der Waals surface area contributed by atoms with Crippen LogP contribution in [-0.4, -0.2) is 25.6 Å². The molecular formula is C15H18F2O3. The lowest BCUT2D eigenvalue weighted by Crippen LogP contribution is -2.35. The van der Waals surface area contributed by atoms with Crippen molar-refractivity contribution in [2.24, 2.45) is 0 Å². The van der Waals surface area contributed by atoms with Crippen molar-refractivity contribution in [1.82, 2.24) is 0 Å². The molecule has 3 atom stereocenters. The van der Waals surface area contributed by atoms with Gasteiger partial charge in [-0.1, -0.05) is 6.07 Å². The van der Waals surface area contributed by atoms with Gasteiger partial charge in [0.25, 0.3) is 0 Å². The number of benzene rings is 1. The highest BCUT2D eigenvalue weighted by molar-refractivity contribution is 5.30. The van der Waals surface area contributed by atoms with Crippen LogP contribution in [0.15, 0.2) is 18.2 Å². The molecule has 0 bridgehead atoms. The highest BCUT2D eigenvalue weighted by Gasteiger charge is 2.54. The van der Waals surface area contributed by atoms with Gasteiger partial charge in [-0.25, -0.2) is 8.78 Å². The fourth-order valence-corrected chi connectivity index (χ4v) is 2.68. The maximum atomic E-state index is 13.9. The second-order valence-corrected chi connectivity index (χ2v) is 5.38. The van der Waals surface area contributed by atoms with Gasteiger partial charge < -0.3 is 14.2 Å². The normalized spacial score (nSPS) is 31.1. The molecule has 110 valence electrons. The lowest BCUT2D eigenvalue weighted by atomic mass is 9.94. The fraction of sp³-hybridized carbons (Fsp3) is 0.600.